The molecule has 0 aliphatic carbocycles. The summed E-state index contributed by atoms with van der Waals surface area (Å²) in [6, 6.07) is 15.8. The summed E-state index contributed by atoms with van der Waals surface area (Å²) < 4.78 is 21.0. The highest BCUT2D eigenvalue weighted by Gasteiger charge is 2.38. The van der Waals surface area contributed by atoms with Crippen LogP contribution in [-0.2, 0) is 20.9 Å². The number of benzene rings is 2. The van der Waals surface area contributed by atoms with Crippen molar-refractivity contribution in [3.8, 4) is 11.5 Å². The molecule has 0 unspecified atom stereocenters. The van der Waals surface area contributed by atoms with Gasteiger partial charge in [-0.05, 0) is 36.8 Å². The molecule has 0 saturated carbocycles. The van der Waals surface area contributed by atoms with E-state index in [1.165, 1.54) is 7.11 Å². The van der Waals surface area contributed by atoms with Crippen molar-refractivity contribution in [2.45, 2.75) is 37.9 Å². The molecule has 0 saturated heterocycles. The highest BCUT2D eigenvalue weighted by Crippen LogP contribution is 2.21. The molecule has 4 atom stereocenters. The Balaban J connectivity index is 2.08. The van der Waals surface area contributed by atoms with Crippen molar-refractivity contribution in [1.29, 1.82) is 0 Å². The van der Waals surface area contributed by atoms with Gasteiger partial charge in [-0.2, -0.15) is 0 Å². The Bertz CT molecular complexity index is 749. The zero-order valence-corrected chi connectivity index (χ0v) is 17.0. The predicted molar refractivity (Wildman–Crippen MR) is 108 cm³/mol. The summed E-state index contributed by atoms with van der Waals surface area (Å²) in [6.45, 7) is 1.66. The number of carbonyl (C=O) groups excluding carboxylic acids is 1. The van der Waals surface area contributed by atoms with Gasteiger partial charge in [0.25, 0.3) is 0 Å². The third-order valence-corrected chi connectivity index (χ3v) is 4.30. The normalized spacial score (nSPS) is 15.0. The maximum atomic E-state index is 11.8. The minimum atomic E-state index is -1.89. The number of aliphatic hydroxyl groups excluding tert-OH is 3. The largest absolute Gasteiger partial charge is 0.497 e. The Morgan fingerprint density at radius 1 is 0.967 bits per heavy atom. The molecule has 0 radical (unpaired) electrons. The zero-order valence-electron chi connectivity index (χ0n) is 17.0. The van der Waals surface area contributed by atoms with Gasteiger partial charge in [0, 0.05) is 0 Å². The lowest BCUT2D eigenvalue weighted by Gasteiger charge is -2.30. The summed E-state index contributed by atoms with van der Waals surface area (Å²) >= 11 is 0. The number of ether oxygens (including phenoxy) is 4. The van der Waals surface area contributed by atoms with Gasteiger partial charge in [-0.3, -0.25) is 0 Å². The van der Waals surface area contributed by atoms with E-state index in [1.54, 1.807) is 31.2 Å². The molecule has 8 heteroatoms. The second kappa shape index (κ2) is 12.1. The third-order valence-electron chi connectivity index (χ3n) is 4.30. The van der Waals surface area contributed by atoms with Crippen LogP contribution >= 0.6 is 0 Å². The summed E-state index contributed by atoms with van der Waals surface area (Å²) in [4.78, 5) is 11.8. The van der Waals surface area contributed by atoms with Crippen molar-refractivity contribution in [3.05, 3.63) is 60.2 Å². The van der Waals surface area contributed by atoms with Gasteiger partial charge in [0.05, 0.1) is 26.9 Å². The molecule has 0 fully saturated rings. The van der Waals surface area contributed by atoms with Crippen molar-refractivity contribution >= 4 is 5.97 Å². The highest BCUT2D eigenvalue weighted by molar-refractivity contribution is 5.75. The smallest absolute Gasteiger partial charge is 0.337 e. The molecule has 2 aromatic rings. The zero-order chi connectivity index (χ0) is 21.9. The molecule has 0 amide bonds. The van der Waals surface area contributed by atoms with Gasteiger partial charge in [-0.15, -0.1) is 0 Å². The van der Waals surface area contributed by atoms with Crippen molar-refractivity contribution in [2.24, 2.45) is 0 Å². The lowest BCUT2D eigenvalue weighted by atomic mass is 10.0. The average Bonchev–Trinajstić information content (AvgIpc) is 2.77. The number of esters is 1. The Kier molecular flexibility index (Phi) is 9.56. The molecule has 164 valence electrons. The van der Waals surface area contributed by atoms with Crippen LogP contribution in [0.3, 0.4) is 0 Å². The summed E-state index contributed by atoms with van der Waals surface area (Å²) in [5, 5.41) is 31.2. The van der Waals surface area contributed by atoms with Gasteiger partial charge < -0.3 is 34.3 Å². The van der Waals surface area contributed by atoms with Gasteiger partial charge in [0.15, 0.2) is 12.2 Å². The topological polar surface area (TPSA) is 115 Å². The Morgan fingerprint density at radius 3 is 2.20 bits per heavy atom. The van der Waals surface area contributed by atoms with Crippen LogP contribution in [0, 0.1) is 0 Å². The fourth-order valence-electron chi connectivity index (χ4n) is 2.70. The van der Waals surface area contributed by atoms with E-state index in [9.17, 15) is 20.1 Å². The van der Waals surface area contributed by atoms with Crippen LogP contribution in [-0.4, -0.2) is 66.0 Å². The molecule has 8 nitrogen and oxygen atoms in total. The van der Waals surface area contributed by atoms with E-state index in [-0.39, 0.29) is 19.8 Å². The Hall–Kier alpha value is -2.65. The number of rotatable bonds is 12. The van der Waals surface area contributed by atoms with Crippen molar-refractivity contribution < 1.29 is 39.1 Å². The molecule has 0 aliphatic rings. The summed E-state index contributed by atoms with van der Waals surface area (Å²) in [7, 11) is 1.52. The van der Waals surface area contributed by atoms with Crippen LogP contribution in [0.25, 0.3) is 0 Å². The molecule has 30 heavy (non-hydrogen) atoms. The van der Waals surface area contributed by atoms with Crippen LogP contribution in [0.1, 0.15) is 12.5 Å². The van der Waals surface area contributed by atoms with Crippen molar-refractivity contribution in [1.82, 2.24) is 0 Å². The minimum Gasteiger partial charge on any atom is -0.497 e. The number of hydrogen-bond acceptors (Lipinski definition) is 8. The first kappa shape index (κ1) is 23.6. The van der Waals surface area contributed by atoms with E-state index >= 15 is 0 Å². The van der Waals surface area contributed by atoms with E-state index in [4.69, 9.17) is 18.9 Å². The van der Waals surface area contributed by atoms with Crippen molar-refractivity contribution in [3.63, 3.8) is 0 Å². The first-order valence-electron chi connectivity index (χ1n) is 9.59. The van der Waals surface area contributed by atoms with E-state index in [0.717, 1.165) is 5.56 Å². The number of hydrogen-bond donors (Lipinski definition) is 3. The number of methoxy groups -OCH3 is 1. The molecule has 0 aliphatic heterocycles. The monoisotopic (exact) mass is 420 g/mol. The lowest BCUT2D eigenvalue weighted by molar-refractivity contribution is -0.168. The summed E-state index contributed by atoms with van der Waals surface area (Å²) in [5.41, 5.74) is 0.907. The van der Waals surface area contributed by atoms with Gasteiger partial charge in [0.2, 0.25) is 0 Å². The van der Waals surface area contributed by atoms with E-state index in [2.05, 4.69) is 0 Å². The second-order valence-electron chi connectivity index (χ2n) is 6.51. The number of aliphatic hydroxyl groups is 3. The minimum absolute atomic E-state index is 0.0371. The highest BCUT2D eigenvalue weighted by atomic mass is 16.6. The quantitative estimate of drug-likeness (QED) is 0.440. The molecule has 0 spiro atoms. The van der Waals surface area contributed by atoms with Gasteiger partial charge >= 0.3 is 5.97 Å². The van der Waals surface area contributed by atoms with Gasteiger partial charge in [-0.1, -0.05) is 30.3 Å². The fraction of sp³-hybridized carbons (Fsp3) is 0.409. The second-order valence-corrected chi connectivity index (χ2v) is 6.51. The molecule has 0 heterocycles. The molecule has 0 bridgehead atoms. The number of carbonyl (C=O) groups is 1. The molecule has 2 rings (SSSR count). The maximum Gasteiger partial charge on any atom is 0.337 e. The third kappa shape index (κ3) is 7.00. The van der Waals surface area contributed by atoms with Crippen LogP contribution in [0.15, 0.2) is 54.6 Å². The maximum absolute atomic E-state index is 11.8. The first-order valence-corrected chi connectivity index (χ1v) is 9.59. The van der Waals surface area contributed by atoms with Gasteiger partial charge in [-0.25, -0.2) is 4.79 Å². The predicted octanol–water partition coefficient (Wildman–Crippen LogP) is 1.31. The van der Waals surface area contributed by atoms with E-state index < -0.39 is 30.4 Å². The Morgan fingerprint density at radius 2 is 1.60 bits per heavy atom. The van der Waals surface area contributed by atoms with Crippen LogP contribution in [0.4, 0.5) is 0 Å². The van der Waals surface area contributed by atoms with E-state index in [0.29, 0.717) is 11.5 Å². The summed E-state index contributed by atoms with van der Waals surface area (Å²) in [6.07, 6.45) is -6.33. The first-order chi connectivity index (χ1) is 14.5. The van der Waals surface area contributed by atoms with E-state index in [1.807, 2.05) is 30.3 Å². The standard InChI is InChI=1S/C22H28O8/c1-3-29-22(26)20(25)19(24)21(30-17-11-9-16(27-2)10-12-17)18(23)14-28-13-15-7-5-4-6-8-15/h4-12,18-21,23-25H,3,13-14H2,1-2H3/t18-,19-,20-,21+/m1/s1. The average molecular weight is 420 g/mol. The van der Waals surface area contributed by atoms with Crippen LogP contribution in [0.5, 0.6) is 11.5 Å². The molecule has 2 aromatic carbocycles. The van der Waals surface area contributed by atoms with Crippen LogP contribution in [0.2, 0.25) is 0 Å². The Labute approximate surface area is 175 Å². The molecular weight excluding hydrogens is 392 g/mol. The molecule has 0 aromatic heterocycles. The lowest BCUT2D eigenvalue weighted by Crippen LogP contribution is -2.52. The van der Waals surface area contributed by atoms with Crippen LogP contribution < -0.4 is 9.47 Å². The summed E-state index contributed by atoms with van der Waals surface area (Å²) in [5.74, 6) is -0.110. The molecule has 3 N–H and O–H groups in total. The SMILES string of the molecule is CCOC(=O)[C@H](O)[C@@H](O)[C@@H](Oc1ccc(OC)cc1)[C@H](O)COCc1ccccc1. The van der Waals surface area contributed by atoms with Gasteiger partial charge in [0.1, 0.15) is 23.7 Å². The fourth-order valence-corrected chi connectivity index (χ4v) is 2.70. The van der Waals surface area contributed by atoms with Crippen molar-refractivity contribution in [2.75, 3.05) is 20.3 Å². The molecular formula is C22H28O8.